The van der Waals surface area contributed by atoms with Gasteiger partial charge in [0, 0.05) is 12.7 Å². The number of nitrogens with one attached hydrogen (secondary N) is 2. The zero-order chi connectivity index (χ0) is 21.7. The van der Waals surface area contributed by atoms with E-state index >= 15 is 0 Å². The van der Waals surface area contributed by atoms with E-state index in [0.29, 0.717) is 17.9 Å². The number of ether oxygens (including phenoxy) is 1. The van der Waals surface area contributed by atoms with Crippen LogP contribution in [0.25, 0.3) is 5.69 Å². The fourth-order valence-corrected chi connectivity index (χ4v) is 3.65. The summed E-state index contributed by atoms with van der Waals surface area (Å²) in [5, 5.41) is 7.18. The van der Waals surface area contributed by atoms with E-state index in [9.17, 15) is 13.2 Å². The molecule has 8 nitrogen and oxygen atoms in total. The van der Waals surface area contributed by atoms with Gasteiger partial charge in [0.05, 0.1) is 12.9 Å². The molecule has 3 aromatic rings. The van der Waals surface area contributed by atoms with E-state index in [2.05, 4.69) is 15.1 Å². The van der Waals surface area contributed by atoms with Gasteiger partial charge < -0.3 is 10.1 Å². The number of hydrogen-bond donors (Lipinski definition) is 2. The molecule has 0 radical (unpaired) electrons. The number of aromatic nitrogens is 2. The van der Waals surface area contributed by atoms with Gasteiger partial charge in [-0.2, -0.15) is 5.10 Å². The van der Waals surface area contributed by atoms with E-state index in [-0.39, 0.29) is 17.4 Å². The third kappa shape index (κ3) is 5.25. The summed E-state index contributed by atoms with van der Waals surface area (Å²) in [7, 11) is -0.342. The highest BCUT2D eigenvalue weighted by atomic mass is 32.2. The lowest BCUT2D eigenvalue weighted by Crippen LogP contribution is -2.23. The van der Waals surface area contributed by atoms with Crippen molar-refractivity contribution in [2.45, 2.75) is 19.2 Å². The predicted octanol–water partition coefficient (Wildman–Crippen LogP) is 2.17. The van der Waals surface area contributed by atoms with Crippen molar-refractivity contribution in [1.82, 2.24) is 19.8 Å². The van der Waals surface area contributed by atoms with Gasteiger partial charge in [0.15, 0.2) is 5.69 Å². The highest BCUT2D eigenvalue weighted by molar-refractivity contribution is 7.88. The second-order valence-electron chi connectivity index (χ2n) is 6.78. The Kier molecular flexibility index (Phi) is 6.53. The minimum absolute atomic E-state index is 0.0873. The van der Waals surface area contributed by atoms with E-state index in [1.807, 2.05) is 25.1 Å². The van der Waals surface area contributed by atoms with E-state index in [4.69, 9.17) is 4.74 Å². The molecule has 0 unspecified atom stereocenters. The fourth-order valence-electron chi connectivity index (χ4n) is 2.88. The zero-order valence-corrected chi connectivity index (χ0v) is 17.9. The molecular formula is C21H24N4O4S. The van der Waals surface area contributed by atoms with Crippen molar-refractivity contribution in [2.75, 3.05) is 14.2 Å². The number of benzene rings is 2. The lowest BCUT2D eigenvalue weighted by Gasteiger charge is -2.09. The second-order valence-corrected chi connectivity index (χ2v) is 8.71. The molecule has 0 atom stereocenters. The molecule has 3 rings (SSSR count). The lowest BCUT2D eigenvalue weighted by molar-refractivity contribution is 0.0945. The first-order chi connectivity index (χ1) is 14.3. The minimum atomic E-state index is -3.31. The third-order valence-electron chi connectivity index (χ3n) is 4.55. The fraction of sp³-hybridized carbons (Fsp3) is 0.238. The van der Waals surface area contributed by atoms with Crippen molar-refractivity contribution in [3.63, 3.8) is 0 Å². The van der Waals surface area contributed by atoms with Crippen LogP contribution in [0.2, 0.25) is 0 Å². The first kappa shape index (κ1) is 21.5. The number of carbonyl (C=O) groups is 1. The third-order valence-corrected chi connectivity index (χ3v) is 5.88. The highest BCUT2D eigenvalue weighted by Crippen LogP contribution is 2.23. The molecule has 0 aliphatic heterocycles. The molecule has 0 aliphatic carbocycles. The molecule has 0 fully saturated rings. The van der Waals surface area contributed by atoms with Gasteiger partial charge in [-0.1, -0.05) is 30.3 Å². The van der Waals surface area contributed by atoms with Gasteiger partial charge in [-0.3, -0.25) is 4.79 Å². The molecular weight excluding hydrogens is 404 g/mol. The maximum absolute atomic E-state index is 12.5. The molecule has 0 spiro atoms. The summed E-state index contributed by atoms with van der Waals surface area (Å²) in [5.41, 5.74) is 3.62. The Balaban J connectivity index is 1.64. The van der Waals surface area contributed by atoms with Crippen molar-refractivity contribution in [1.29, 1.82) is 0 Å². The molecule has 0 bridgehead atoms. The number of methoxy groups -OCH3 is 1. The quantitative estimate of drug-likeness (QED) is 0.573. The highest BCUT2D eigenvalue weighted by Gasteiger charge is 2.13. The van der Waals surface area contributed by atoms with Crippen LogP contribution < -0.4 is 14.8 Å². The number of sulfonamides is 1. The van der Waals surface area contributed by atoms with Gasteiger partial charge in [0.1, 0.15) is 11.4 Å². The Morgan fingerprint density at radius 1 is 1.10 bits per heavy atom. The summed E-state index contributed by atoms with van der Waals surface area (Å²) in [5.74, 6) is 0.272. The van der Waals surface area contributed by atoms with Crippen molar-refractivity contribution in [3.8, 4) is 11.4 Å². The lowest BCUT2D eigenvalue weighted by atomic mass is 10.1. The topological polar surface area (TPSA) is 102 Å². The molecule has 1 amide bonds. The van der Waals surface area contributed by atoms with Crippen molar-refractivity contribution in [2.24, 2.45) is 0 Å². The maximum atomic E-state index is 12.5. The SMILES string of the molecule is CNS(=O)(=O)Cc1ccc(CNC(=O)c2ccn(-c3cc(C)ccc3OC)n2)cc1. The standard InChI is InChI=1S/C21H24N4O4S/c1-15-4-9-20(29-3)19(12-15)25-11-10-18(24-25)21(26)23-13-16-5-7-17(8-6-16)14-30(27,28)22-2/h4-12,22H,13-14H2,1-3H3,(H,23,26). The molecule has 158 valence electrons. The average Bonchev–Trinajstić information content (AvgIpc) is 3.23. The van der Waals surface area contributed by atoms with Crippen LogP contribution in [-0.4, -0.2) is 38.3 Å². The summed E-state index contributed by atoms with van der Waals surface area (Å²) in [6.07, 6.45) is 1.71. The summed E-state index contributed by atoms with van der Waals surface area (Å²) < 4.78 is 32.5. The van der Waals surface area contributed by atoms with Crippen LogP contribution in [-0.2, 0) is 22.3 Å². The number of nitrogens with zero attached hydrogens (tertiary/aromatic N) is 2. The molecule has 1 aromatic heterocycles. The summed E-state index contributed by atoms with van der Waals surface area (Å²) >= 11 is 0. The van der Waals surface area contributed by atoms with Gasteiger partial charge in [0.25, 0.3) is 5.91 Å². The minimum Gasteiger partial charge on any atom is -0.494 e. The Hall–Kier alpha value is -3.17. The van der Waals surface area contributed by atoms with Gasteiger partial charge in [0.2, 0.25) is 10.0 Å². The molecule has 2 aromatic carbocycles. The Morgan fingerprint density at radius 2 is 1.80 bits per heavy atom. The predicted molar refractivity (Wildman–Crippen MR) is 114 cm³/mol. The maximum Gasteiger partial charge on any atom is 0.272 e. The Morgan fingerprint density at radius 3 is 2.47 bits per heavy atom. The molecule has 0 saturated carbocycles. The Bertz CT molecular complexity index is 1140. The number of amides is 1. The molecule has 30 heavy (non-hydrogen) atoms. The van der Waals surface area contributed by atoms with Crippen LogP contribution >= 0.6 is 0 Å². The smallest absolute Gasteiger partial charge is 0.272 e. The monoisotopic (exact) mass is 428 g/mol. The summed E-state index contributed by atoms with van der Waals surface area (Å²) in [4.78, 5) is 12.5. The molecule has 9 heteroatoms. The average molecular weight is 429 g/mol. The van der Waals surface area contributed by atoms with Crippen molar-refractivity contribution >= 4 is 15.9 Å². The molecule has 0 saturated heterocycles. The van der Waals surface area contributed by atoms with Crippen molar-refractivity contribution < 1.29 is 17.9 Å². The second kappa shape index (κ2) is 9.10. The van der Waals surface area contributed by atoms with Crippen LogP contribution in [0.1, 0.15) is 27.2 Å². The van der Waals surface area contributed by atoms with Gasteiger partial charge in [-0.15, -0.1) is 0 Å². The largest absolute Gasteiger partial charge is 0.494 e. The first-order valence-electron chi connectivity index (χ1n) is 9.29. The van der Waals surface area contributed by atoms with Crippen LogP contribution in [0.4, 0.5) is 0 Å². The van der Waals surface area contributed by atoms with E-state index in [1.54, 1.807) is 48.3 Å². The molecule has 2 N–H and O–H groups in total. The van der Waals surface area contributed by atoms with Gasteiger partial charge >= 0.3 is 0 Å². The van der Waals surface area contributed by atoms with Crippen LogP contribution in [0.5, 0.6) is 5.75 Å². The first-order valence-corrected chi connectivity index (χ1v) is 10.9. The molecule has 1 heterocycles. The van der Waals surface area contributed by atoms with Crippen molar-refractivity contribution in [3.05, 3.63) is 77.1 Å². The number of aryl methyl sites for hydroxylation is 1. The van der Waals surface area contributed by atoms with Crippen LogP contribution in [0.15, 0.2) is 54.7 Å². The summed E-state index contributed by atoms with van der Waals surface area (Å²) in [6.45, 7) is 2.28. The number of carbonyl (C=O) groups excluding carboxylic acids is 1. The van der Waals surface area contributed by atoms with Crippen LogP contribution in [0, 0.1) is 6.92 Å². The number of hydrogen-bond acceptors (Lipinski definition) is 5. The van der Waals surface area contributed by atoms with E-state index < -0.39 is 10.0 Å². The normalized spacial score (nSPS) is 11.3. The Labute approximate surface area is 175 Å². The van der Waals surface area contributed by atoms with E-state index in [1.165, 1.54) is 7.05 Å². The summed E-state index contributed by atoms with van der Waals surface area (Å²) in [6, 6.07) is 14.4. The van der Waals surface area contributed by atoms with Gasteiger partial charge in [-0.05, 0) is 48.9 Å². The van der Waals surface area contributed by atoms with Gasteiger partial charge in [-0.25, -0.2) is 17.8 Å². The number of rotatable bonds is 8. The molecule has 0 aliphatic rings. The van der Waals surface area contributed by atoms with Crippen LogP contribution in [0.3, 0.4) is 0 Å². The zero-order valence-electron chi connectivity index (χ0n) is 17.0. The van der Waals surface area contributed by atoms with E-state index in [0.717, 1.165) is 16.8 Å².